The zero-order chi connectivity index (χ0) is 17.9. The highest BCUT2D eigenvalue weighted by Crippen LogP contribution is 2.36. The molecule has 0 bridgehead atoms. The standard InChI is InChI=1S/C20H26O4/c1-12(2)9-18(21)23-16-10-13(3)7-6-8-14(4)11-17-19(16)15(5)20(22)24-17/h8-10,16-17,19H,5-7,11H2,1-4H3/b13-10-,14-8-/t16-,17-,19+/m1/s1. The largest absolute Gasteiger partial charge is 0.458 e. The number of ether oxygens (including phenoxy) is 2. The van der Waals surface area contributed by atoms with Crippen LogP contribution >= 0.6 is 0 Å². The lowest BCUT2D eigenvalue weighted by Crippen LogP contribution is -2.32. The van der Waals surface area contributed by atoms with Gasteiger partial charge < -0.3 is 9.47 Å². The summed E-state index contributed by atoms with van der Waals surface area (Å²) >= 11 is 0. The van der Waals surface area contributed by atoms with E-state index in [4.69, 9.17) is 9.47 Å². The van der Waals surface area contributed by atoms with Crippen LogP contribution in [0.25, 0.3) is 0 Å². The van der Waals surface area contributed by atoms with Crippen LogP contribution in [0.4, 0.5) is 0 Å². The van der Waals surface area contributed by atoms with Crippen molar-refractivity contribution in [1.82, 2.24) is 0 Å². The predicted molar refractivity (Wildman–Crippen MR) is 93.2 cm³/mol. The molecule has 2 aliphatic rings. The average Bonchev–Trinajstić information content (AvgIpc) is 2.71. The van der Waals surface area contributed by atoms with Gasteiger partial charge in [-0.2, -0.15) is 0 Å². The lowest BCUT2D eigenvalue weighted by atomic mass is 9.85. The highest BCUT2D eigenvalue weighted by molar-refractivity contribution is 5.91. The lowest BCUT2D eigenvalue weighted by molar-refractivity contribution is -0.144. The minimum absolute atomic E-state index is 0.340. The van der Waals surface area contributed by atoms with Gasteiger partial charge in [0.15, 0.2) is 0 Å². The van der Waals surface area contributed by atoms with Gasteiger partial charge in [-0.05, 0) is 46.6 Å². The Kier molecular flexibility index (Phi) is 5.81. The number of allylic oxidation sites excluding steroid dienone is 3. The van der Waals surface area contributed by atoms with Crippen molar-refractivity contribution >= 4 is 11.9 Å². The summed E-state index contributed by atoms with van der Waals surface area (Å²) < 4.78 is 11.2. The zero-order valence-corrected chi connectivity index (χ0v) is 14.9. The molecule has 130 valence electrons. The van der Waals surface area contributed by atoms with E-state index in [1.54, 1.807) is 0 Å². The molecule has 0 N–H and O–H groups in total. The molecule has 4 heteroatoms. The fraction of sp³-hybridized carbons (Fsp3) is 0.500. The quantitative estimate of drug-likeness (QED) is 0.436. The number of carbonyl (C=O) groups is 2. The topological polar surface area (TPSA) is 52.6 Å². The van der Waals surface area contributed by atoms with Crippen molar-refractivity contribution in [2.24, 2.45) is 5.92 Å². The third-order valence-electron chi connectivity index (χ3n) is 4.34. The van der Waals surface area contributed by atoms with Crippen molar-refractivity contribution in [3.63, 3.8) is 0 Å². The second kappa shape index (κ2) is 7.65. The molecule has 24 heavy (non-hydrogen) atoms. The monoisotopic (exact) mass is 330 g/mol. The summed E-state index contributed by atoms with van der Waals surface area (Å²) in [5.74, 6) is -1.14. The van der Waals surface area contributed by atoms with Crippen molar-refractivity contribution in [2.75, 3.05) is 0 Å². The third kappa shape index (κ3) is 4.47. The second-order valence-electron chi connectivity index (χ2n) is 6.92. The number of hydrogen-bond donors (Lipinski definition) is 0. The molecule has 1 aliphatic heterocycles. The Labute approximate surface area is 143 Å². The molecule has 0 amide bonds. The van der Waals surface area contributed by atoms with Gasteiger partial charge in [-0.3, -0.25) is 0 Å². The fourth-order valence-corrected chi connectivity index (χ4v) is 3.15. The van der Waals surface area contributed by atoms with E-state index in [1.165, 1.54) is 11.6 Å². The molecule has 2 rings (SSSR count). The number of rotatable bonds is 2. The number of carbonyl (C=O) groups excluding carboxylic acids is 2. The van der Waals surface area contributed by atoms with E-state index in [2.05, 4.69) is 12.7 Å². The molecular formula is C20H26O4. The maximum atomic E-state index is 12.1. The number of esters is 2. The van der Waals surface area contributed by atoms with E-state index in [0.717, 1.165) is 24.0 Å². The smallest absolute Gasteiger partial charge is 0.334 e. The van der Waals surface area contributed by atoms with Crippen LogP contribution in [0.3, 0.4) is 0 Å². The van der Waals surface area contributed by atoms with E-state index < -0.39 is 18.0 Å². The van der Waals surface area contributed by atoms with Gasteiger partial charge in [-0.1, -0.05) is 29.4 Å². The molecule has 0 aromatic heterocycles. The first-order valence-corrected chi connectivity index (χ1v) is 8.36. The number of fused-ring (bicyclic) bond motifs is 1. The van der Waals surface area contributed by atoms with Crippen LogP contribution in [0, 0.1) is 5.92 Å². The van der Waals surface area contributed by atoms with Crippen molar-refractivity contribution in [3.05, 3.63) is 47.1 Å². The molecule has 0 spiro atoms. The van der Waals surface area contributed by atoms with Crippen LogP contribution in [0.15, 0.2) is 47.1 Å². The second-order valence-corrected chi connectivity index (χ2v) is 6.92. The molecule has 1 aliphatic carbocycles. The Bertz CT molecular complexity index is 632. The maximum absolute atomic E-state index is 12.1. The van der Waals surface area contributed by atoms with Crippen molar-refractivity contribution in [1.29, 1.82) is 0 Å². The van der Waals surface area contributed by atoms with Crippen LogP contribution in [0.2, 0.25) is 0 Å². The minimum Gasteiger partial charge on any atom is -0.458 e. The number of hydrogen-bond acceptors (Lipinski definition) is 4. The third-order valence-corrected chi connectivity index (χ3v) is 4.34. The summed E-state index contributed by atoms with van der Waals surface area (Å²) in [7, 11) is 0. The van der Waals surface area contributed by atoms with Crippen molar-refractivity contribution in [2.45, 2.75) is 59.2 Å². The van der Waals surface area contributed by atoms with E-state index >= 15 is 0 Å². The highest BCUT2D eigenvalue weighted by Gasteiger charge is 2.44. The fourth-order valence-electron chi connectivity index (χ4n) is 3.15. The van der Waals surface area contributed by atoms with E-state index in [0.29, 0.717) is 12.0 Å². The molecule has 0 aromatic rings. The molecule has 3 atom stereocenters. The van der Waals surface area contributed by atoms with Gasteiger partial charge in [-0.25, -0.2) is 9.59 Å². The predicted octanol–water partition coefficient (Wildman–Crippen LogP) is 4.04. The van der Waals surface area contributed by atoms with E-state index in [9.17, 15) is 9.59 Å². The van der Waals surface area contributed by atoms with Crippen LogP contribution in [0.1, 0.15) is 47.0 Å². The molecular weight excluding hydrogens is 304 g/mol. The van der Waals surface area contributed by atoms with Crippen LogP contribution in [0.5, 0.6) is 0 Å². The molecule has 0 aromatic carbocycles. The van der Waals surface area contributed by atoms with Gasteiger partial charge in [0.1, 0.15) is 12.2 Å². The Balaban J connectivity index is 2.36. The summed E-state index contributed by atoms with van der Waals surface area (Å²) in [5.41, 5.74) is 3.55. The Morgan fingerprint density at radius 2 is 2.04 bits per heavy atom. The van der Waals surface area contributed by atoms with E-state index in [-0.39, 0.29) is 12.0 Å². The van der Waals surface area contributed by atoms with Gasteiger partial charge >= 0.3 is 11.9 Å². The average molecular weight is 330 g/mol. The molecule has 1 heterocycles. The van der Waals surface area contributed by atoms with Crippen molar-refractivity contribution in [3.8, 4) is 0 Å². The van der Waals surface area contributed by atoms with Gasteiger partial charge in [0.2, 0.25) is 0 Å². The minimum atomic E-state index is -0.539. The highest BCUT2D eigenvalue weighted by atomic mass is 16.6. The molecule has 1 saturated heterocycles. The zero-order valence-electron chi connectivity index (χ0n) is 14.9. The summed E-state index contributed by atoms with van der Waals surface area (Å²) in [6.45, 7) is 11.6. The molecule has 4 nitrogen and oxygen atoms in total. The molecule has 0 unspecified atom stereocenters. The van der Waals surface area contributed by atoms with Crippen molar-refractivity contribution < 1.29 is 19.1 Å². The normalized spacial score (nSPS) is 31.8. The molecule has 0 saturated carbocycles. The summed E-state index contributed by atoms with van der Waals surface area (Å²) in [6.07, 6.45) is 7.16. The first-order valence-electron chi connectivity index (χ1n) is 8.36. The van der Waals surface area contributed by atoms with Gasteiger partial charge in [0.25, 0.3) is 0 Å². The lowest BCUT2D eigenvalue weighted by Gasteiger charge is -2.26. The SMILES string of the molecule is C=C1C(=O)O[C@@H]2C/C(C)=C\CC/C(C)=C\[C@@H](OC(=O)C=C(C)C)[C@H]12. The summed E-state index contributed by atoms with van der Waals surface area (Å²) in [5, 5.41) is 0. The van der Waals surface area contributed by atoms with Crippen LogP contribution < -0.4 is 0 Å². The van der Waals surface area contributed by atoms with Crippen LogP contribution in [-0.4, -0.2) is 24.1 Å². The van der Waals surface area contributed by atoms with Gasteiger partial charge in [0.05, 0.1) is 5.92 Å². The first kappa shape index (κ1) is 18.2. The van der Waals surface area contributed by atoms with Crippen LogP contribution in [-0.2, 0) is 19.1 Å². The Morgan fingerprint density at radius 3 is 2.71 bits per heavy atom. The van der Waals surface area contributed by atoms with E-state index in [1.807, 2.05) is 33.8 Å². The Morgan fingerprint density at radius 1 is 1.33 bits per heavy atom. The van der Waals surface area contributed by atoms with Gasteiger partial charge in [0, 0.05) is 18.1 Å². The summed E-state index contributed by atoms with van der Waals surface area (Å²) in [6, 6.07) is 0. The first-order chi connectivity index (χ1) is 11.3. The van der Waals surface area contributed by atoms with Gasteiger partial charge in [-0.15, -0.1) is 0 Å². The maximum Gasteiger partial charge on any atom is 0.334 e. The Hall–Kier alpha value is -2.10. The molecule has 1 fully saturated rings. The molecule has 0 radical (unpaired) electrons. The summed E-state index contributed by atoms with van der Waals surface area (Å²) in [4.78, 5) is 24.1.